The van der Waals surface area contributed by atoms with Crippen LogP contribution >= 0.6 is 0 Å². The molecule has 1 atom stereocenters. The van der Waals surface area contributed by atoms with Crippen LogP contribution in [0.4, 0.5) is 0 Å². The van der Waals surface area contributed by atoms with Gasteiger partial charge in [0.2, 0.25) is 0 Å². The molecule has 1 heterocycles. The van der Waals surface area contributed by atoms with E-state index in [0.717, 1.165) is 24.9 Å². The van der Waals surface area contributed by atoms with E-state index < -0.39 is 0 Å². The van der Waals surface area contributed by atoms with E-state index in [-0.39, 0.29) is 0 Å². The van der Waals surface area contributed by atoms with Crippen molar-refractivity contribution in [1.82, 2.24) is 14.9 Å². The summed E-state index contributed by atoms with van der Waals surface area (Å²) in [7, 11) is 2.03. The van der Waals surface area contributed by atoms with E-state index in [9.17, 15) is 0 Å². The van der Waals surface area contributed by atoms with Crippen LogP contribution in [0.2, 0.25) is 0 Å². The van der Waals surface area contributed by atoms with Gasteiger partial charge in [-0.2, -0.15) is 0 Å². The molecule has 1 aromatic carbocycles. The van der Waals surface area contributed by atoms with Gasteiger partial charge in [0.1, 0.15) is 0 Å². The lowest BCUT2D eigenvalue weighted by molar-refractivity contribution is 0.448. The number of aromatic nitrogens is 2. The molecule has 96 valence electrons. The lowest BCUT2D eigenvalue weighted by Crippen LogP contribution is -2.29. The fourth-order valence-corrected chi connectivity index (χ4v) is 2.23. The molecule has 0 bridgehead atoms. The van der Waals surface area contributed by atoms with E-state index in [4.69, 9.17) is 0 Å². The van der Waals surface area contributed by atoms with Crippen molar-refractivity contribution in [3.63, 3.8) is 0 Å². The number of benzene rings is 1. The highest BCUT2D eigenvalue weighted by atomic mass is 15.1. The Kier molecular flexibility index (Phi) is 4.53. The second kappa shape index (κ2) is 6.36. The van der Waals surface area contributed by atoms with Crippen molar-refractivity contribution in [3.8, 4) is 0 Å². The van der Waals surface area contributed by atoms with Crippen molar-refractivity contribution >= 4 is 11.0 Å². The number of nitrogens with one attached hydrogen (secondary N) is 1. The molecule has 2 rings (SSSR count). The Balaban J connectivity index is 2.04. The molecule has 0 aliphatic heterocycles. The van der Waals surface area contributed by atoms with Crippen LogP contribution in [0.3, 0.4) is 0 Å². The molecule has 1 unspecified atom stereocenters. The molecule has 3 nitrogen and oxygen atoms in total. The summed E-state index contributed by atoms with van der Waals surface area (Å²) >= 11 is 0. The Morgan fingerprint density at radius 3 is 3.06 bits per heavy atom. The van der Waals surface area contributed by atoms with Crippen molar-refractivity contribution in [2.45, 2.75) is 31.8 Å². The van der Waals surface area contributed by atoms with Gasteiger partial charge < -0.3 is 9.88 Å². The lowest BCUT2D eigenvalue weighted by atomic mass is 10.1. The SMILES string of the molecule is C=CCCCC(Cn1cnc2ccccc21)NC. The molecule has 0 radical (unpaired) electrons. The van der Waals surface area contributed by atoms with E-state index >= 15 is 0 Å². The number of likely N-dealkylation sites (N-methyl/N-ethyl adjacent to an activating group) is 1. The van der Waals surface area contributed by atoms with Gasteiger partial charge in [-0.25, -0.2) is 4.98 Å². The van der Waals surface area contributed by atoms with Crippen LogP contribution in [0, 0.1) is 0 Å². The third kappa shape index (κ3) is 2.99. The normalized spacial score (nSPS) is 12.7. The van der Waals surface area contributed by atoms with Crippen LogP contribution in [0.25, 0.3) is 11.0 Å². The number of allylic oxidation sites excluding steroid dienone is 1. The monoisotopic (exact) mass is 243 g/mol. The Morgan fingerprint density at radius 2 is 2.28 bits per heavy atom. The number of nitrogens with zero attached hydrogens (tertiary/aromatic N) is 2. The second-order valence-electron chi connectivity index (χ2n) is 4.59. The Morgan fingerprint density at radius 1 is 1.44 bits per heavy atom. The third-order valence-corrected chi connectivity index (χ3v) is 3.31. The highest BCUT2D eigenvalue weighted by Crippen LogP contribution is 2.13. The summed E-state index contributed by atoms with van der Waals surface area (Å²) in [6, 6.07) is 8.75. The van der Waals surface area contributed by atoms with Crippen molar-refractivity contribution in [3.05, 3.63) is 43.2 Å². The van der Waals surface area contributed by atoms with Crippen LogP contribution in [-0.4, -0.2) is 22.6 Å². The molecule has 2 aromatic rings. The molecule has 1 aromatic heterocycles. The molecule has 0 spiro atoms. The summed E-state index contributed by atoms with van der Waals surface area (Å²) in [5.74, 6) is 0. The van der Waals surface area contributed by atoms with Gasteiger partial charge in [-0.1, -0.05) is 18.2 Å². The van der Waals surface area contributed by atoms with E-state index in [2.05, 4.69) is 39.6 Å². The number of rotatable bonds is 7. The summed E-state index contributed by atoms with van der Waals surface area (Å²) < 4.78 is 2.23. The molecular formula is C15H21N3. The standard InChI is InChI=1S/C15H21N3/c1-3-4-5-8-13(16-2)11-18-12-17-14-9-6-7-10-15(14)18/h3,6-7,9-10,12-13,16H,1,4-5,8,11H2,2H3. The van der Waals surface area contributed by atoms with Gasteiger partial charge in [-0.05, 0) is 38.4 Å². The highest BCUT2D eigenvalue weighted by Gasteiger charge is 2.08. The minimum absolute atomic E-state index is 0.488. The first kappa shape index (κ1) is 12.8. The zero-order valence-corrected chi connectivity index (χ0v) is 11.0. The number of hydrogen-bond donors (Lipinski definition) is 1. The van der Waals surface area contributed by atoms with Crippen LogP contribution in [0.1, 0.15) is 19.3 Å². The maximum Gasteiger partial charge on any atom is 0.0958 e. The fourth-order valence-electron chi connectivity index (χ4n) is 2.23. The largest absolute Gasteiger partial charge is 0.329 e. The number of unbranched alkanes of at least 4 members (excludes halogenated alkanes) is 1. The molecular weight excluding hydrogens is 222 g/mol. The smallest absolute Gasteiger partial charge is 0.0958 e. The maximum absolute atomic E-state index is 4.42. The number of fused-ring (bicyclic) bond motifs is 1. The summed E-state index contributed by atoms with van der Waals surface area (Å²) in [5, 5.41) is 3.38. The molecule has 0 aliphatic carbocycles. The van der Waals surface area contributed by atoms with Crippen molar-refractivity contribution < 1.29 is 0 Å². The molecule has 0 aliphatic rings. The molecule has 18 heavy (non-hydrogen) atoms. The van der Waals surface area contributed by atoms with Crippen LogP contribution in [0.15, 0.2) is 43.2 Å². The zero-order valence-electron chi connectivity index (χ0n) is 11.0. The van der Waals surface area contributed by atoms with Gasteiger partial charge in [0.15, 0.2) is 0 Å². The summed E-state index contributed by atoms with van der Waals surface area (Å²) in [6.45, 7) is 4.73. The minimum Gasteiger partial charge on any atom is -0.329 e. The van der Waals surface area contributed by atoms with Gasteiger partial charge in [0.05, 0.1) is 17.4 Å². The molecule has 0 amide bonds. The Bertz CT molecular complexity index is 501. The Labute approximate surface area is 109 Å². The molecule has 0 saturated heterocycles. The second-order valence-corrected chi connectivity index (χ2v) is 4.59. The quantitative estimate of drug-likeness (QED) is 0.598. The van der Waals surface area contributed by atoms with E-state index in [1.165, 1.54) is 11.9 Å². The van der Waals surface area contributed by atoms with E-state index in [1.807, 2.05) is 25.5 Å². The number of imidazole rings is 1. The van der Waals surface area contributed by atoms with Gasteiger partial charge in [0, 0.05) is 12.6 Å². The zero-order chi connectivity index (χ0) is 12.8. The van der Waals surface area contributed by atoms with Crippen molar-refractivity contribution in [2.75, 3.05) is 7.05 Å². The minimum atomic E-state index is 0.488. The third-order valence-electron chi connectivity index (χ3n) is 3.31. The van der Waals surface area contributed by atoms with Gasteiger partial charge in [0.25, 0.3) is 0 Å². The van der Waals surface area contributed by atoms with Gasteiger partial charge in [-0.3, -0.25) is 0 Å². The maximum atomic E-state index is 4.42. The predicted molar refractivity (Wildman–Crippen MR) is 76.6 cm³/mol. The summed E-state index contributed by atoms with van der Waals surface area (Å²) in [4.78, 5) is 4.42. The van der Waals surface area contributed by atoms with Crippen LogP contribution in [0.5, 0.6) is 0 Å². The summed E-state index contributed by atoms with van der Waals surface area (Å²) in [6.07, 6.45) is 7.35. The number of para-hydroxylation sites is 2. The van der Waals surface area contributed by atoms with E-state index in [1.54, 1.807) is 0 Å². The highest BCUT2D eigenvalue weighted by molar-refractivity contribution is 5.74. The van der Waals surface area contributed by atoms with Gasteiger partial charge in [-0.15, -0.1) is 6.58 Å². The van der Waals surface area contributed by atoms with Crippen molar-refractivity contribution in [2.24, 2.45) is 0 Å². The first-order valence-corrected chi connectivity index (χ1v) is 6.53. The molecule has 1 N–H and O–H groups in total. The fraction of sp³-hybridized carbons (Fsp3) is 0.400. The molecule has 0 saturated carbocycles. The first-order chi connectivity index (χ1) is 8.85. The average Bonchev–Trinajstić information content (AvgIpc) is 2.81. The average molecular weight is 243 g/mol. The lowest BCUT2D eigenvalue weighted by Gasteiger charge is -2.16. The van der Waals surface area contributed by atoms with E-state index in [0.29, 0.717) is 6.04 Å². The summed E-state index contributed by atoms with van der Waals surface area (Å²) in [5.41, 5.74) is 2.28. The van der Waals surface area contributed by atoms with Crippen molar-refractivity contribution in [1.29, 1.82) is 0 Å². The first-order valence-electron chi connectivity index (χ1n) is 6.53. The molecule has 0 fully saturated rings. The van der Waals surface area contributed by atoms with Crippen LogP contribution < -0.4 is 5.32 Å². The topological polar surface area (TPSA) is 29.9 Å². The number of hydrogen-bond acceptors (Lipinski definition) is 2. The Hall–Kier alpha value is -1.61. The predicted octanol–water partition coefficient (Wildman–Crippen LogP) is 2.98. The van der Waals surface area contributed by atoms with Gasteiger partial charge >= 0.3 is 0 Å². The van der Waals surface area contributed by atoms with Crippen LogP contribution in [-0.2, 0) is 6.54 Å². The molecule has 3 heteroatoms.